The van der Waals surface area contributed by atoms with Crippen LogP contribution in [0, 0.1) is 11.3 Å². The molecule has 9 nitrogen and oxygen atoms in total. The molecule has 4 rings (SSSR count). The lowest BCUT2D eigenvalue weighted by Gasteiger charge is -2.29. The minimum absolute atomic E-state index is 0.130. The number of hydrogen-bond donors (Lipinski definition) is 2. The molecule has 1 saturated carbocycles. The van der Waals surface area contributed by atoms with Gasteiger partial charge in [-0.1, -0.05) is 51.1 Å². The van der Waals surface area contributed by atoms with Crippen molar-refractivity contribution in [2.45, 2.75) is 70.6 Å². The van der Waals surface area contributed by atoms with E-state index in [9.17, 15) is 18.5 Å². The summed E-state index contributed by atoms with van der Waals surface area (Å²) in [7, 11) is -3.29. The molecule has 40 heavy (non-hydrogen) atoms. The first-order chi connectivity index (χ1) is 18.9. The van der Waals surface area contributed by atoms with E-state index in [-0.39, 0.29) is 35.7 Å². The summed E-state index contributed by atoms with van der Waals surface area (Å²) in [4.78, 5) is 22.9. The van der Waals surface area contributed by atoms with Gasteiger partial charge in [0.1, 0.15) is 12.7 Å². The molecule has 2 N–H and O–H groups in total. The standard InChI is InChI=1S/C30H35N5O4S/c1-30(2,3)26-17-24(28(36)33-21-12-14-22(15-13-21)35-40(4,37)38)25(18-31)27(34-26)23-11-8-16-32-29(23)39-19-20-9-6-5-7-10-20/h5-11,16-17,21-22,35H,12-15,19H2,1-4H3,(H,33,36)/t21-,22-. The van der Waals surface area contributed by atoms with E-state index in [0.29, 0.717) is 48.5 Å². The highest BCUT2D eigenvalue weighted by Crippen LogP contribution is 2.34. The number of rotatable bonds is 8. The number of carbonyl (C=O) groups excluding carboxylic acids is 1. The number of nitrogens with one attached hydrogen (secondary N) is 2. The Bertz CT molecular complexity index is 1500. The van der Waals surface area contributed by atoms with Gasteiger partial charge in [0.15, 0.2) is 0 Å². The fraction of sp³-hybridized carbons (Fsp3) is 0.400. The van der Waals surface area contributed by atoms with Crippen LogP contribution in [0.3, 0.4) is 0 Å². The maximum absolute atomic E-state index is 13.6. The summed E-state index contributed by atoms with van der Waals surface area (Å²) in [5.74, 6) is -0.0367. The summed E-state index contributed by atoms with van der Waals surface area (Å²) in [6.45, 7) is 6.28. The van der Waals surface area contributed by atoms with Crippen molar-refractivity contribution < 1.29 is 17.9 Å². The molecular weight excluding hydrogens is 526 g/mol. The van der Waals surface area contributed by atoms with Gasteiger partial charge in [0.05, 0.1) is 28.6 Å². The van der Waals surface area contributed by atoms with Gasteiger partial charge in [0.25, 0.3) is 5.91 Å². The average Bonchev–Trinajstić information content (AvgIpc) is 2.91. The zero-order valence-electron chi connectivity index (χ0n) is 23.3. The average molecular weight is 562 g/mol. The minimum Gasteiger partial charge on any atom is -0.472 e. The Morgan fingerprint density at radius 2 is 1.75 bits per heavy atom. The van der Waals surface area contributed by atoms with Crippen molar-refractivity contribution in [3.8, 4) is 23.2 Å². The van der Waals surface area contributed by atoms with Gasteiger partial charge in [-0.05, 0) is 49.4 Å². The van der Waals surface area contributed by atoms with E-state index in [0.717, 1.165) is 11.8 Å². The number of aromatic nitrogens is 2. The number of hydrogen-bond acceptors (Lipinski definition) is 7. The van der Waals surface area contributed by atoms with Gasteiger partial charge in [0, 0.05) is 29.4 Å². The predicted molar refractivity (Wildman–Crippen MR) is 153 cm³/mol. The van der Waals surface area contributed by atoms with E-state index in [2.05, 4.69) is 21.1 Å². The normalized spacial score (nSPS) is 17.6. The molecule has 1 fully saturated rings. The molecular formula is C30H35N5O4S. The monoisotopic (exact) mass is 561 g/mol. The van der Waals surface area contributed by atoms with E-state index >= 15 is 0 Å². The van der Waals surface area contributed by atoms with Crippen molar-refractivity contribution in [3.63, 3.8) is 0 Å². The highest BCUT2D eigenvalue weighted by atomic mass is 32.2. The van der Waals surface area contributed by atoms with E-state index in [1.54, 1.807) is 24.4 Å². The summed E-state index contributed by atoms with van der Waals surface area (Å²) in [5.41, 5.74) is 2.49. The van der Waals surface area contributed by atoms with E-state index in [1.807, 2.05) is 51.1 Å². The Morgan fingerprint density at radius 1 is 1.07 bits per heavy atom. The molecule has 0 aliphatic heterocycles. The maximum atomic E-state index is 13.6. The molecule has 0 spiro atoms. The first-order valence-corrected chi connectivity index (χ1v) is 15.2. The maximum Gasteiger partial charge on any atom is 0.252 e. The van der Waals surface area contributed by atoms with E-state index in [4.69, 9.17) is 9.72 Å². The van der Waals surface area contributed by atoms with Crippen molar-refractivity contribution in [3.05, 3.63) is 77.1 Å². The number of nitrogens with zero attached hydrogens (tertiary/aromatic N) is 3. The molecule has 2 heterocycles. The summed E-state index contributed by atoms with van der Waals surface area (Å²) in [6.07, 6.45) is 5.27. The van der Waals surface area contributed by atoms with Crippen LogP contribution in [0.2, 0.25) is 0 Å². The van der Waals surface area contributed by atoms with Crippen LogP contribution in [0.4, 0.5) is 0 Å². The molecule has 0 saturated heterocycles. The van der Waals surface area contributed by atoms with Crippen LogP contribution in [0.1, 0.15) is 73.6 Å². The fourth-order valence-electron chi connectivity index (χ4n) is 4.75. The lowest BCUT2D eigenvalue weighted by molar-refractivity contribution is 0.0924. The van der Waals surface area contributed by atoms with Crippen LogP contribution >= 0.6 is 0 Å². The van der Waals surface area contributed by atoms with Gasteiger partial charge in [-0.25, -0.2) is 18.1 Å². The molecule has 210 valence electrons. The molecule has 2 aromatic heterocycles. The molecule has 1 aliphatic rings. The van der Waals surface area contributed by atoms with Crippen LogP contribution in [0.25, 0.3) is 11.3 Å². The lowest BCUT2D eigenvalue weighted by Crippen LogP contribution is -2.43. The quantitative estimate of drug-likeness (QED) is 0.414. The number of nitriles is 1. The molecule has 0 bridgehead atoms. The van der Waals surface area contributed by atoms with Crippen LogP contribution in [0.5, 0.6) is 5.88 Å². The molecule has 1 aromatic carbocycles. The van der Waals surface area contributed by atoms with Gasteiger partial charge in [-0.3, -0.25) is 9.78 Å². The molecule has 1 aliphatic carbocycles. The van der Waals surface area contributed by atoms with Crippen LogP contribution in [-0.4, -0.2) is 42.6 Å². The topological polar surface area (TPSA) is 134 Å². The van der Waals surface area contributed by atoms with Crippen LogP contribution in [-0.2, 0) is 22.0 Å². The number of carbonyl (C=O) groups is 1. The summed E-state index contributed by atoms with van der Waals surface area (Å²) < 4.78 is 31.9. The lowest BCUT2D eigenvalue weighted by atomic mass is 9.88. The Kier molecular flexibility index (Phi) is 8.86. The Morgan fingerprint density at radius 3 is 2.38 bits per heavy atom. The highest BCUT2D eigenvalue weighted by Gasteiger charge is 2.29. The van der Waals surface area contributed by atoms with Crippen LogP contribution < -0.4 is 14.8 Å². The van der Waals surface area contributed by atoms with Gasteiger partial charge in [0.2, 0.25) is 15.9 Å². The second-order valence-corrected chi connectivity index (χ2v) is 13.0. The van der Waals surface area contributed by atoms with Crippen molar-refractivity contribution in [1.82, 2.24) is 20.0 Å². The van der Waals surface area contributed by atoms with Crippen molar-refractivity contribution in [2.75, 3.05) is 6.26 Å². The van der Waals surface area contributed by atoms with E-state index in [1.165, 1.54) is 0 Å². The third kappa shape index (κ3) is 7.43. The Hall–Kier alpha value is -3.81. The first-order valence-electron chi connectivity index (χ1n) is 13.3. The first kappa shape index (κ1) is 29.2. The SMILES string of the molecule is CC(C)(C)c1cc(C(=O)N[C@H]2CC[C@H](NS(C)(=O)=O)CC2)c(C#N)c(-c2cccnc2OCc2ccccc2)n1. The van der Waals surface area contributed by atoms with Gasteiger partial charge < -0.3 is 10.1 Å². The molecule has 0 atom stereocenters. The third-order valence-electron chi connectivity index (χ3n) is 6.83. The largest absolute Gasteiger partial charge is 0.472 e. The number of pyridine rings is 2. The Labute approximate surface area is 236 Å². The second-order valence-electron chi connectivity index (χ2n) is 11.2. The van der Waals surface area contributed by atoms with Gasteiger partial charge >= 0.3 is 0 Å². The van der Waals surface area contributed by atoms with E-state index < -0.39 is 15.4 Å². The predicted octanol–water partition coefficient (Wildman–Crippen LogP) is 4.48. The van der Waals surface area contributed by atoms with Gasteiger partial charge in [-0.15, -0.1) is 0 Å². The van der Waals surface area contributed by atoms with Crippen molar-refractivity contribution >= 4 is 15.9 Å². The third-order valence-corrected chi connectivity index (χ3v) is 7.59. The molecule has 0 unspecified atom stereocenters. The summed E-state index contributed by atoms with van der Waals surface area (Å²) in [6, 6.07) is 16.9. The van der Waals surface area contributed by atoms with Gasteiger partial charge in [-0.2, -0.15) is 5.26 Å². The second kappa shape index (κ2) is 12.1. The number of benzene rings is 1. The Balaban J connectivity index is 1.65. The fourth-order valence-corrected chi connectivity index (χ4v) is 5.59. The molecule has 1 amide bonds. The number of sulfonamides is 1. The van der Waals surface area contributed by atoms with Crippen molar-refractivity contribution in [1.29, 1.82) is 5.26 Å². The van der Waals surface area contributed by atoms with Crippen molar-refractivity contribution in [2.24, 2.45) is 0 Å². The molecule has 10 heteroatoms. The summed E-state index contributed by atoms with van der Waals surface area (Å²) in [5, 5.41) is 13.3. The van der Waals surface area contributed by atoms with Crippen LogP contribution in [0.15, 0.2) is 54.7 Å². The highest BCUT2D eigenvalue weighted by molar-refractivity contribution is 7.88. The molecule has 0 radical (unpaired) electrons. The number of amides is 1. The zero-order chi connectivity index (χ0) is 28.9. The number of ether oxygens (including phenoxy) is 1. The minimum atomic E-state index is -3.29. The summed E-state index contributed by atoms with van der Waals surface area (Å²) >= 11 is 0. The zero-order valence-corrected chi connectivity index (χ0v) is 24.1. The smallest absolute Gasteiger partial charge is 0.252 e. The molecule has 3 aromatic rings.